The normalized spacial score (nSPS) is 36.8. The van der Waals surface area contributed by atoms with Gasteiger partial charge in [0, 0.05) is 6.04 Å². The Hall–Kier alpha value is -2.91. The molecular weight excluding hydrogens is 604 g/mol. The van der Waals surface area contributed by atoms with Crippen LogP contribution in [0.2, 0.25) is 0 Å². The van der Waals surface area contributed by atoms with Crippen molar-refractivity contribution in [1.29, 1.82) is 0 Å². The zero-order valence-corrected chi connectivity index (χ0v) is 24.2. The number of aliphatic imine (C=N–C) groups is 3. The second kappa shape index (κ2) is 12.5. The molecule has 0 spiro atoms. The number of halogens is 1. The maximum Gasteiger partial charge on any atom is 0.232 e. The summed E-state index contributed by atoms with van der Waals surface area (Å²) in [6, 6.07) is 0.391. The van der Waals surface area contributed by atoms with Crippen molar-refractivity contribution >= 4 is 46.5 Å². The summed E-state index contributed by atoms with van der Waals surface area (Å²) in [4.78, 5) is 26.4. The number of anilines is 1. The molecule has 0 amide bonds. The van der Waals surface area contributed by atoms with Gasteiger partial charge in [-0.2, -0.15) is 0 Å². The number of nitrogens with one attached hydrogen (secondary N) is 1. The highest BCUT2D eigenvalue weighted by molar-refractivity contribution is 6.56. The molecule has 9 N–H and O–H groups in total. The molecule has 1 unspecified atom stereocenters. The van der Waals surface area contributed by atoms with Crippen LogP contribution in [0.1, 0.15) is 31.9 Å². The van der Waals surface area contributed by atoms with Crippen molar-refractivity contribution in [2.45, 2.75) is 85.9 Å². The predicted molar refractivity (Wildman–Crippen MR) is 155 cm³/mol. The van der Waals surface area contributed by atoms with Gasteiger partial charge in [0.25, 0.3) is 0 Å². The first-order valence-electron chi connectivity index (χ1n) is 14.2. The Morgan fingerprint density at radius 3 is 2.27 bits per heavy atom. The minimum Gasteiger partial charge on any atom is -0.394 e. The van der Waals surface area contributed by atoms with Crippen molar-refractivity contribution in [3.63, 3.8) is 0 Å². The van der Waals surface area contributed by atoms with E-state index >= 15 is 0 Å². The number of hydrogen-bond acceptors (Lipinski definition) is 17. The summed E-state index contributed by atoms with van der Waals surface area (Å²) in [5.74, 6) is 1.00. The van der Waals surface area contributed by atoms with Crippen molar-refractivity contribution in [2.24, 2.45) is 20.7 Å². The summed E-state index contributed by atoms with van der Waals surface area (Å²) in [5, 5.41) is 60.1. The standard InChI is InChI=1S/C15H21N5O4.C10H14ClN5O4/c21-5-9-11(22)12(23)15(24-9)20-7-18-10-13(16-6-17-14(10)20)19-8-3-1-2-4-8;11-10(12)7-8(13-2-15-10)16(3-14-7)9-6(19)5(18)4(1-17)20-9/h6-9,11-12,15,21-23H,1-5H2,(H,16,17,19);2,4-6,9,17-19H,1,3,12H2/t9-,11-,12-,15-;4-,5-,6-,9-,10?/m11/s1. The van der Waals surface area contributed by atoms with Crippen molar-refractivity contribution in [3.8, 4) is 0 Å². The lowest BCUT2D eigenvalue weighted by Crippen LogP contribution is -2.52. The Labute approximate surface area is 255 Å². The lowest BCUT2D eigenvalue weighted by molar-refractivity contribution is -0.0688. The Morgan fingerprint density at radius 2 is 1.61 bits per heavy atom. The predicted octanol–water partition coefficient (Wildman–Crippen LogP) is -2.78. The van der Waals surface area contributed by atoms with Crippen LogP contribution < -0.4 is 11.1 Å². The zero-order chi connectivity index (χ0) is 31.2. The number of amidine groups is 1. The van der Waals surface area contributed by atoms with Gasteiger partial charge >= 0.3 is 0 Å². The van der Waals surface area contributed by atoms with Crippen LogP contribution in [0, 0.1) is 0 Å². The summed E-state index contributed by atoms with van der Waals surface area (Å²) in [5.41, 5.74) is 7.17. The zero-order valence-electron chi connectivity index (χ0n) is 23.4. The molecule has 0 bridgehead atoms. The second-order valence-corrected chi connectivity index (χ2v) is 11.7. The fourth-order valence-corrected chi connectivity index (χ4v) is 6.10. The first-order valence-corrected chi connectivity index (χ1v) is 14.6. The Morgan fingerprint density at radius 1 is 0.955 bits per heavy atom. The topological polar surface area (TPSA) is 262 Å². The molecule has 1 saturated carbocycles. The molecule has 1 aliphatic carbocycles. The van der Waals surface area contributed by atoms with Gasteiger partial charge in [-0.3, -0.25) is 15.3 Å². The van der Waals surface area contributed by atoms with Crippen LogP contribution >= 0.6 is 11.6 Å². The van der Waals surface area contributed by atoms with Crippen molar-refractivity contribution in [3.05, 3.63) is 12.7 Å². The number of hydrogen-bond donors (Lipinski definition) is 8. The van der Waals surface area contributed by atoms with Crippen LogP contribution in [0.15, 0.2) is 27.6 Å². The minimum atomic E-state index is -1.50. The maximum absolute atomic E-state index is 10.2. The molecule has 18 nitrogen and oxygen atoms in total. The molecule has 7 rings (SSSR count). The van der Waals surface area contributed by atoms with Crippen LogP contribution in [0.3, 0.4) is 0 Å². The minimum absolute atomic E-state index is 0.121. The maximum atomic E-state index is 10.2. The first kappa shape index (κ1) is 31.1. The summed E-state index contributed by atoms with van der Waals surface area (Å²) >= 11 is 6.01. The largest absolute Gasteiger partial charge is 0.394 e. The van der Waals surface area contributed by atoms with E-state index in [2.05, 4.69) is 35.2 Å². The van der Waals surface area contributed by atoms with E-state index in [0.29, 0.717) is 28.9 Å². The molecule has 2 aromatic heterocycles. The highest BCUT2D eigenvalue weighted by atomic mass is 35.5. The third kappa shape index (κ3) is 5.55. The van der Waals surface area contributed by atoms with Crippen LogP contribution in [0.5, 0.6) is 0 Å². The number of rotatable bonds is 6. The molecule has 2 aromatic rings. The third-order valence-corrected chi connectivity index (χ3v) is 8.57. The number of nitrogens with zero attached hydrogens (tertiary/aromatic N) is 8. The van der Waals surface area contributed by atoms with Crippen LogP contribution in [0.4, 0.5) is 5.82 Å². The summed E-state index contributed by atoms with van der Waals surface area (Å²) in [6.45, 7) is -0.652. The Balaban J connectivity index is 0.000000159. The van der Waals surface area contributed by atoms with Crippen molar-refractivity contribution in [1.82, 2.24) is 24.4 Å². The van der Waals surface area contributed by atoms with E-state index < -0.39 is 60.8 Å². The van der Waals surface area contributed by atoms with E-state index in [4.69, 9.17) is 31.9 Å². The number of aromatic nitrogens is 4. The average molecular weight is 639 g/mol. The van der Waals surface area contributed by atoms with E-state index in [9.17, 15) is 25.5 Å². The van der Waals surface area contributed by atoms with Gasteiger partial charge in [-0.25, -0.2) is 24.9 Å². The molecule has 6 heterocycles. The van der Waals surface area contributed by atoms with Gasteiger partial charge in [-0.05, 0) is 12.8 Å². The van der Waals surface area contributed by atoms with Crippen molar-refractivity contribution < 1.29 is 40.1 Å². The molecular formula is C25H35ClN10O8. The highest BCUT2D eigenvalue weighted by Gasteiger charge is 2.50. The van der Waals surface area contributed by atoms with Crippen LogP contribution in [-0.2, 0) is 9.47 Å². The van der Waals surface area contributed by atoms with Gasteiger partial charge in [0.05, 0.1) is 19.5 Å². The molecule has 240 valence electrons. The number of nitrogens with two attached hydrogens (primary N) is 1. The monoisotopic (exact) mass is 638 g/mol. The van der Waals surface area contributed by atoms with E-state index in [1.807, 2.05) is 0 Å². The smallest absolute Gasteiger partial charge is 0.232 e. The van der Waals surface area contributed by atoms with E-state index in [0.717, 1.165) is 12.8 Å². The summed E-state index contributed by atoms with van der Waals surface area (Å²) < 4.78 is 12.6. The number of alkyl halides is 1. The quantitative estimate of drug-likeness (QED) is 0.118. The van der Waals surface area contributed by atoms with Gasteiger partial charge in [0.1, 0.15) is 61.7 Å². The van der Waals surface area contributed by atoms with Gasteiger partial charge in [0.15, 0.2) is 35.3 Å². The Kier molecular flexibility index (Phi) is 8.81. The van der Waals surface area contributed by atoms with E-state index in [-0.39, 0.29) is 19.0 Å². The molecule has 5 aliphatic rings. The number of imidazole rings is 1. The fourth-order valence-electron chi connectivity index (χ4n) is 5.91. The SMILES string of the molecule is NC1(Cl)N=CN=C2C1=NCN2[C@@H]1O[C@H](CO)[C@@H](O)[C@H]1O.OC[C@H]1O[C@@H](n2cnc3c(NC4CCCC4)ncnc32)[C@H](O)[C@@H]1O. The van der Waals surface area contributed by atoms with Gasteiger partial charge in [-0.15, -0.1) is 0 Å². The number of aliphatic hydroxyl groups is 6. The number of aliphatic hydroxyl groups excluding tert-OH is 6. The summed E-state index contributed by atoms with van der Waals surface area (Å²) in [7, 11) is 0. The molecule has 2 saturated heterocycles. The highest BCUT2D eigenvalue weighted by Crippen LogP contribution is 2.33. The molecule has 4 aliphatic heterocycles. The van der Waals surface area contributed by atoms with Crippen LogP contribution in [0.25, 0.3) is 11.2 Å². The molecule has 9 atom stereocenters. The average Bonchev–Trinajstić information content (AvgIpc) is 3.84. The van der Waals surface area contributed by atoms with E-state index in [1.54, 1.807) is 4.57 Å². The van der Waals surface area contributed by atoms with Gasteiger partial charge in [0.2, 0.25) is 5.12 Å². The second-order valence-electron chi connectivity index (χ2n) is 11.1. The number of ether oxygens (including phenoxy) is 2. The lowest BCUT2D eigenvalue weighted by atomic mass is 10.1. The Bertz CT molecular complexity index is 1430. The van der Waals surface area contributed by atoms with Gasteiger partial charge in [-0.1, -0.05) is 24.4 Å². The molecule has 0 radical (unpaired) electrons. The first-order chi connectivity index (χ1) is 21.1. The lowest BCUT2D eigenvalue weighted by Gasteiger charge is -2.30. The van der Waals surface area contributed by atoms with E-state index in [1.165, 1.54) is 36.7 Å². The molecule has 0 aromatic carbocycles. The molecule has 3 fully saturated rings. The summed E-state index contributed by atoms with van der Waals surface area (Å²) in [6.07, 6.45) is 0.661. The fraction of sp³-hybridized carbons (Fsp3) is 0.680. The third-order valence-electron chi connectivity index (χ3n) is 8.29. The van der Waals surface area contributed by atoms with Crippen LogP contribution in [-0.4, -0.2) is 147 Å². The molecule has 19 heteroatoms. The van der Waals surface area contributed by atoms with Gasteiger partial charge < -0.3 is 50.3 Å². The molecule has 44 heavy (non-hydrogen) atoms. The van der Waals surface area contributed by atoms with Crippen molar-refractivity contribution in [2.75, 3.05) is 25.2 Å². The number of fused-ring (bicyclic) bond motifs is 2.